The summed E-state index contributed by atoms with van der Waals surface area (Å²) in [4.78, 5) is 0. The summed E-state index contributed by atoms with van der Waals surface area (Å²) < 4.78 is 7.06. The van der Waals surface area contributed by atoms with Crippen LogP contribution < -0.4 is 10.4 Å². The third kappa shape index (κ3) is 5.08. The van der Waals surface area contributed by atoms with Gasteiger partial charge < -0.3 is 14.6 Å². The van der Waals surface area contributed by atoms with Gasteiger partial charge >= 0.3 is 0 Å². The van der Waals surface area contributed by atoms with Crippen molar-refractivity contribution in [2.75, 3.05) is 6.61 Å². The second-order valence-corrected chi connectivity index (χ2v) is 12.5. The largest absolute Gasteiger partial charge is 0.404 e. The lowest BCUT2D eigenvalue weighted by atomic mass is 10.1. The molecule has 0 amide bonds. The molecule has 0 fully saturated rings. The fraction of sp³-hybridized carbons (Fsp3) is 0.478. The quantitative estimate of drug-likeness (QED) is 0.649. The zero-order chi connectivity index (χ0) is 19.9. The molecule has 0 aliphatic heterocycles. The molecule has 2 aromatic carbocycles. The van der Waals surface area contributed by atoms with Gasteiger partial charge in [0.2, 0.25) is 0 Å². The number of aliphatic hydroxyl groups is 2. The SMILES string of the molecule is CCC[C@@H](C[C@H](O)CO)O[Si](c1ccccc1)(c1ccccc1)C(C)(C)C. The highest BCUT2D eigenvalue weighted by Gasteiger charge is 2.51. The lowest BCUT2D eigenvalue weighted by molar-refractivity contribution is 0.0441. The summed E-state index contributed by atoms with van der Waals surface area (Å²) in [6.45, 7) is 8.66. The number of hydrogen-bond acceptors (Lipinski definition) is 3. The minimum absolute atomic E-state index is 0.0914. The predicted octanol–water partition coefficient (Wildman–Crippen LogP) is 3.48. The van der Waals surface area contributed by atoms with Crippen molar-refractivity contribution in [3.63, 3.8) is 0 Å². The summed E-state index contributed by atoms with van der Waals surface area (Å²) >= 11 is 0. The van der Waals surface area contributed by atoms with Gasteiger partial charge in [0.1, 0.15) is 0 Å². The van der Waals surface area contributed by atoms with Crippen LogP contribution in [0.25, 0.3) is 0 Å². The molecule has 0 saturated heterocycles. The van der Waals surface area contributed by atoms with Crippen LogP contribution in [0.5, 0.6) is 0 Å². The molecule has 148 valence electrons. The van der Waals surface area contributed by atoms with Crippen LogP contribution in [0.15, 0.2) is 60.7 Å². The number of benzene rings is 2. The van der Waals surface area contributed by atoms with Crippen molar-refractivity contribution in [2.24, 2.45) is 0 Å². The van der Waals surface area contributed by atoms with E-state index < -0.39 is 14.4 Å². The molecule has 0 unspecified atom stereocenters. The molecule has 4 heteroatoms. The first-order valence-corrected chi connectivity index (χ1v) is 11.8. The third-order valence-corrected chi connectivity index (χ3v) is 10.2. The minimum atomic E-state index is -2.62. The van der Waals surface area contributed by atoms with Crippen molar-refractivity contribution in [1.29, 1.82) is 0 Å². The van der Waals surface area contributed by atoms with Crippen molar-refractivity contribution in [3.05, 3.63) is 60.7 Å². The number of rotatable bonds is 9. The van der Waals surface area contributed by atoms with E-state index in [4.69, 9.17) is 4.43 Å². The third-order valence-electron chi connectivity index (χ3n) is 5.12. The first kappa shape index (κ1) is 21.8. The Labute approximate surface area is 165 Å². The molecular formula is C23H34O3Si. The molecule has 0 radical (unpaired) electrons. The molecule has 2 N–H and O–H groups in total. The van der Waals surface area contributed by atoms with Crippen LogP contribution >= 0.6 is 0 Å². The van der Waals surface area contributed by atoms with Gasteiger partial charge in [-0.2, -0.15) is 0 Å². The highest BCUT2D eigenvalue weighted by Crippen LogP contribution is 2.38. The van der Waals surface area contributed by atoms with Crippen LogP contribution in [0, 0.1) is 0 Å². The van der Waals surface area contributed by atoms with Gasteiger partial charge in [0, 0.05) is 12.5 Å². The summed E-state index contributed by atoms with van der Waals surface area (Å²) in [6, 6.07) is 21.1. The topological polar surface area (TPSA) is 49.7 Å². The molecule has 0 bridgehead atoms. The lowest BCUT2D eigenvalue weighted by Gasteiger charge is -2.45. The Morgan fingerprint density at radius 1 is 0.926 bits per heavy atom. The maximum atomic E-state index is 10.1. The van der Waals surface area contributed by atoms with Gasteiger partial charge in [0.05, 0.1) is 12.7 Å². The Morgan fingerprint density at radius 2 is 1.41 bits per heavy atom. The standard InChI is InChI=1S/C23H34O3Si/c1-5-12-20(17-19(25)18-24)26-27(23(2,3)4,21-13-8-6-9-14-21)22-15-10-7-11-16-22/h6-11,13-16,19-20,24-25H,5,12,17-18H2,1-4H3/t19-,20-/m0/s1. The summed E-state index contributed by atoms with van der Waals surface area (Å²) in [7, 11) is -2.62. The Hall–Kier alpha value is -1.46. The van der Waals surface area contributed by atoms with Crippen LogP contribution in [0.3, 0.4) is 0 Å². The Kier molecular flexibility index (Phi) is 7.80. The smallest absolute Gasteiger partial charge is 0.261 e. The fourth-order valence-corrected chi connectivity index (χ4v) is 8.60. The van der Waals surface area contributed by atoms with E-state index in [9.17, 15) is 10.2 Å². The first-order chi connectivity index (χ1) is 12.8. The zero-order valence-corrected chi connectivity index (χ0v) is 18.1. The van der Waals surface area contributed by atoms with E-state index in [1.54, 1.807) is 0 Å². The maximum absolute atomic E-state index is 10.1. The van der Waals surface area contributed by atoms with Gasteiger partial charge in [-0.15, -0.1) is 0 Å². The average Bonchev–Trinajstić information content (AvgIpc) is 2.66. The fourth-order valence-electron chi connectivity index (χ4n) is 3.87. The van der Waals surface area contributed by atoms with Crippen LogP contribution in [-0.4, -0.2) is 37.3 Å². The van der Waals surface area contributed by atoms with Crippen LogP contribution in [-0.2, 0) is 4.43 Å². The molecule has 2 aromatic rings. The first-order valence-electron chi connectivity index (χ1n) is 9.93. The Bertz CT molecular complexity index is 628. The van der Waals surface area contributed by atoms with E-state index in [0.29, 0.717) is 6.42 Å². The lowest BCUT2D eigenvalue weighted by Crippen LogP contribution is -2.67. The zero-order valence-electron chi connectivity index (χ0n) is 17.1. The molecule has 3 nitrogen and oxygen atoms in total. The van der Waals surface area contributed by atoms with Crippen LogP contribution in [0.2, 0.25) is 5.04 Å². The number of aliphatic hydroxyl groups excluding tert-OH is 2. The molecule has 0 saturated carbocycles. The summed E-state index contributed by atoms with van der Waals surface area (Å²) in [5.41, 5.74) is 0. The van der Waals surface area contributed by atoms with Crippen molar-refractivity contribution in [1.82, 2.24) is 0 Å². The van der Waals surface area contributed by atoms with E-state index in [2.05, 4.69) is 76.2 Å². The average molecular weight is 387 g/mol. The van der Waals surface area contributed by atoms with Crippen molar-refractivity contribution < 1.29 is 14.6 Å². The maximum Gasteiger partial charge on any atom is 0.261 e. The van der Waals surface area contributed by atoms with Gasteiger partial charge in [-0.3, -0.25) is 0 Å². The van der Waals surface area contributed by atoms with Gasteiger partial charge in [-0.05, 0) is 21.8 Å². The molecule has 0 aromatic heterocycles. The molecule has 27 heavy (non-hydrogen) atoms. The second kappa shape index (κ2) is 9.65. The van der Waals surface area contributed by atoms with Crippen molar-refractivity contribution in [2.45, 2.75) is 64.2 Å². The highest BCUT2D eigenvalue weighted by atomic mass is 28.4. The molecule has 0 aliphatic carbocycles. The van der Waals surface area contributed by atoms with E-state index in [1.165, 1.54) is 10.4 Å². The van der Waals surface area contributed by atoms with Gasteiger partial charge in [0.15, 0.2) is 0 Å². The molecule has 0 aliphatic rings. The van der Waals surface area contributed by atoms with Gasteiger partial charge in [-0.1, -0.05) is 94.8 Å². The van der Waals surface area contributed by atoms with E-state index in [-0.39, 0.29) is 17.7 Å². The van der Waals surface area contributed by atoms with Crippen LogP contribution in [0.4, 0.5) is 0 Å². The Balaban J connectivity index is 2.60. The molecule has 2 rings (SSSR count). The van der Waals surface area contributed by atoms with E-state index in [0.717, 1.165) is 12.8 Å². The summed E-state index contributed by atoms with van der Waals surface area (Å²) in [6.07, 6.45) is 1.44. The molecule has 0 heterocycles. The molecule has 2 atom stereocenters. The van der Waals surface area contributed by atoms with Crippen molar-refractivity contribution >= 4 is 18.7 Å². The summed E-state index contributed by atoms with van der Waals surface area (Å²) in [5.74, 6) is 0. The predicted molar refractivity (Wildman–Crippen MR) is 115 cm³/mol. The summed E-state index contributed by atoms with van der Waals surface area (Å²) in [5, 5.41) is 21.8. The van der Waals surface area contributed by atoms with Gasteiger partial charge in [0.25, 0.3) is 8.32 Å². The van der Waals surface area contributed by atoms with E-state index >= 15 is 0 Å². The van der Waals surface area contributed by atoms with Crippen LogP contribution in [0.1, 0.15) is 47.0 Å². The van der Waals surface area contributed by atoms with Crippen molar-refractivity contribution in [3.8, 4) is 0 Å². The minimum Gasteiger partial charge on any atom is -0.404 e. The second-order valence-electron chi connectivity index (χ2n) is 8.26. The highest BCUT2D eigenvalue weighted by molar-refractivity contribution is 6.99. The van der Waals surface area contributed by atoms with E-state index in [1.807, 2.05) is 12.1 Å². The number of hydrogen-bond donors (Lipinski definition) is 2. The molecular weight excluding hydrogens is 352 g/mol. The Morgan fingerprint density at radius 3 is 1.78 bits per heavy atom. The normalized spacial score (nSPS) is 14.7. The molecule has 0 spiro atoms. The monoisotopic (exact) mass is 386 g/mol. The van der Waals surface area contributed by atoms with Gasteiger partial charge in [-0.25, -0.2) is 0 Å².